The van der Waals surface area contributed by atoms with Crippen molar-refractivity contribution in [3.8, 4) is 11.8 Å². The van der Waals surface area contributed by atoms with Crippen molar-refractivity contribution in [1.29, 1.82) is 5.26 Å². The maximum Gasteiger partial charge on any atom is 0.227 e. The average Bonchev–Trinajstić information content (AvgIpc) is 2.94. The van der Waals surface area contributed by atoms with E-state index in [1.807, 2.05) is 53.4 Å². The van der Waals surface area contributed by atoms with E-state index < -0.39 is 0 Å². The van der Waals surface area contributed by atoms with Gasteiger partial charge in [0.1, 0.15) is 11.8 Å². The van der Waals surface area contributed by atoms with E-state index in [4.69, 9.17) is 4.74 Å². The summed E-state index contributed by atoms with van der Waals surface area (Å²) in [5.74, 6) is 0.902. The molecule has 1 aliphatic heterocycles. The van der Waals surface area contributed by atoms with Crippen molar-refractivity contribution >= 4 is 11.6 Å². The van der Waals surface area contributed by atoms with Crippen molar-refractivity contribution in [2.45, 2.75) is 12.8 Å². The van der Waals surface area contributed by atoms with E-state index in [9.17, 15) is 10.1 Å². The lowest BCUT2D eigenvalue weighted by Gasteiger charge is -2.24. The third-order valence-corrected chi connectivity index (χ3v) is 4.70. The van der Waals surface area contributed by atoms with Gasteiger partial charge in [-0.2, -0.15) is 5.26 Å². The second kappa shape index (κ2) is 8.39. The zero-order valence-corrected chi connectivity index (χ0v) is 15.0. The molecule has 2 aromatic carbocycles. The Hall–Kier alpha value is -3.00. The molecule has 1 heterocycles. The minimum atomic E-state index is 0.133. The molecule has 134 valence electrons. The molecule has 3 rings (SSSR count). The molecular formula is C21H23N3O2. The molecule has 5 heteroatoms. The molecule has 0 bridgehead atoms. The van der Waals surface area contributed by atoms with Gasteiger partial charge in [0.25, 0.3) is 0 Å². The SMILES string of the molecule is COc1cccc(CC(=O)N2CCCN(c3ccccc3C#N)CC2)c1. The summed E-state index contributed by atoms with van der Waals surface area (Å²) in [6, 6.07) is 17.6. The first-order valence-electron chi connectivity index (χ1n) is 8.86. The van der Waals surface area contributed by atoms with Crippen molar-refractivity contribution in [2.75, 3.05) is 38.2 Å². The quantitative estimate of drug-likeness (QED) is 0.852. The highest BCUT2D eigenvalue weighted by molar-refractivity contribution is 5.79. The Morgan fingerprint density at radius 3 is 2.77 bits per heavy atom. The summed E-state index contributed by atoms with van der Waals surface area (Å²) < 4.78 is 5.23. The van der Waals surface area contributed by atoms with Crippen molar-refractivity contribution in [3.05, 3.63) is 59.7 Å². The van der Waals surface area contributed by atoms with E-state index in [1.54, 1.807) is 7.11 Å². The van der Waals surface area contributed by atoms with Crippen LogP contribution in [0.2, 0.25) is 0 Å². The molecule has 0 aliphatic carbocycles. The van der Waals surface area contributed by atoms with Gasteiger partial charge in [0.15, 0.2) is 0 Å². The van der Waals surface area contributed by atoms with Crippen LogP contribution in [-0.2, 0) is 11.2 Å². The summed E-state index contributed by atoms with van der Waals surface area (Å²) in [6.07, 6.45) is 1.27. The van der Waals surface area contributed by atoms with Gasteiger partial charge < -0.3 is 14.5 Å². The number of benzene rings is 2. The van der Waals surface area contributed by atoms with Gasteiger partial charge in [0, 0.05) is 26.2 Å². The molecule has 1 fully saturated rings. The molecule has 0 radical (unpaired) electrons. The Morgan fingerprint density at radius 2 is 1.96 bits per heavy atom. The third-order valence-electron chi connectivity index (χ3n) is 4.70. The Labute approximate surface area is 154 Å². The minimum Gasteiger partial charge on any atom is -0.497 e. The molecule has 5 nitrogen and oxygen atoms in total. The lowest BCUT2D eigenvalue weighted by atomic mass is 10.1. The standard InChI is InChI=1S/C21H23N3O2/c1-26-19-8-4-6-17(14-19)15-21(25)24-11-5-10-23(12-13-24)20-9-3-2-7-18(20)16-22/h2-4,6-9,14H,5,10-13,15H2,1H3. The van der Waals surface area contributed by atoms with Crippen molar-refractivity contribution in [3.63, 3.8) is 0 Å². The molecule has 1 amide bonds. The first-order chi connectivity index (χ1) is 12.7. The van der Waals surface area contributed by atoms with Crippen molar-refractivity contribution < 1.29 is 9.53 Å². The topological polar surface area (TPSA) is 56.6 Å². The van der Waals surface area contributed by atoms with Crippen LogP contribution in [0.3, 0.4) is 0 Å². The molecule has 1 aliphatic rings. The fraction of sp³-hybridized carbons (Fsp3) is 0.333. The fourth-order valence-corrected chi connectivity index (χ4v) is 3.32. The van der Waals surface area contributed by atoms with Crippen LogP contribution in [-0.4, -0.2) is 44.1 Å². The van der Waals surface area contributed by atoms with Crippen LogP contribution in [0.15, 0.2) is 48.5 Å². The summed E-state index contributed by atoms with van der Waals surface area (Å²) in [6.45, 7) is 3.00. The number of nitrogens with zero attached hydrogens (tertiary/aromatic N) is 3. The maximum absolute atomic E-state index is 12.7. The first-order valence-corrected chi connectivity index (χ1v) is 8.86. The minimum absolute atomic E-state index is 0.133. The maximum atomic E-state index is 12.7. The van der Waals surface area contributed by atoms with Gasteiger partial charge in [-0.3, -0.25) is 4.79 Å². The number of rotatable bonds is 4. The largest absolute Gasteiger partial charge is 0.497 e. The van der Waals surface area contributed by atoms with Crippen molar-refractivity contribution in [2.24, 2.45) is 0 Å². The summed E-state index contributed by atoms with van der Waals surface area (Å²) >= 11 is 0. The lowest BCUT2D eigenvalue weighted by Crippen LogP contribution is -2.36. The number of hydrogen-bond donors (Lipinski definition) is 0. The second-order valence-electron chi connectivity index (χ2n) is 6.38. The Morgan fingerprint density at radius 1 is 1.12 bits per heavy atom. The van der Waals surface area contributed by atoms with Gasteiger partial charge in [-0.25, -0.2) is 0 Å². The Balaban J connectivity index is 1.64. The number of ether oxygens (including phenoxy) is 1. The first kappa shape index (κ1) is 17.8. The Kier molecular flexibility index (Phi) is 5.75. The number of carbonyl (C=O) groups is 1. The number of methoxy groups -OCH3 is 1. The van der Waals surface area contributed by atoms with E-state index in [2.05, 4.69) is 11.0 Å². The summed E-state index contributed by atoms with van der Waals surface area (Å²) in [7, 11) is 1.63. The van der Waals surface area contributed by atoms with Gasteiger partial charge >= 0.3 is 0 Å². The fourth-order valence-electron chi connectivity index (χ4n) is 3.32. The smallest absolute Gasteiger partial charge is 0.227 e. The summed E-state index contributed by atoms with van der Waals surface area (Å²) in [4.78, 5) is 16.8. The Bertz CT molecular complexity index is 813. The van der Waals surface area contributed by atoms with Gasteiger partial charge in [-0.05, 0) is 36.2 Å². The van der Waals surface area contributed by atoms with Crippen LogP contribution in [0, 0.1) is 11.3 Å². The van der Waals surface area contributed by atoms with E-state index in [1.165, 1.54) is 0 Å². The predicted octanol–water partition coefficient (Wildman–Crippen LogP) is 2.85. The normalized spacial score (nSPS) is 14.5. The summed E-state index contributed by atoms with van der Waals surface area (Å²) in [5, 5.41) is 9.32. The number of anilines is 1. The molecule has 0 saturated carbocycles. The second-order valence-corrected chi connectivity index (χ2v) is 6.38. The molecule has 2 aromatic rings. The van der Waals surface area contributed by atoms with Gasteiger partial charge in [-0.1, -0.05) is 24.3 Å². The molecular weight excluding hydrogens is 326 g/mol. The molecule has 1 saturated heterocycles. The lowest BCUT2D eigenvalue weighted by molar-refractivity contribution is -0.130. The zero-order valence-electron chi connectivity index (χ0n) is 15.0. The van der Waals surface area contributed by atoms with Crippen LogP contribution < -0.4 is 9.64 Å². The molecule has 26 heavy (non-hydrogen) atoms. The monoisotopic (exact) mass is 349 g/mol. The molecule has 0 aromatic heterocycles. The van der Waals surface area contributed by atoms with E-state index >= 15 is 0 Å². The van der Waals surface area contributed by atoms with Gasteiger partial charge in [0.05, 0.1) is 24.8 Å². The highest BCUT2D eigenvalue weighted by atomic mass is 16.5. The number of carbonyl (C=O) groups excluding carboxylic acids is 1. The number of amides is 1. The van der Waals surface area contributed by atoms with Crippen LogP contribution in [0.1, 0.15) is 17.5 Å². The van der Waals surface area contributed by atoms with Crippen molar-refractivity contribution in [1.82, 2.24) is 4.90 Å². The number of hydrogen-bond acceptors (Lipinski definition) is 4. The van der Waals surface area contributed by atoms with Crippen LogP contribution in [0.5, 0.6) is 5.75 Å². The highest BCUT2D eigenvalue weighted by Crippen LogP contribution is 2.21. The molecule has 0 unspecified atom stereocenters. The van der Waals surface area contributed by atoms with Crippen LogP contribution >= 0.6 is 0 Å². The third kappa shape index (κ3) is 4.15. The van der Waals surface area contributed by atoms with Crippen LogP contribution in [0.4, 0.5) is 5.69 Å². The zero-order chi connectivity index (χ0) is 18.4. The van der Waals surface area contributed by atoms with E-state index in [0.29, 0.717) is 18.5 Å². The molecule has 0 atom stereocenters. The van der Waals surface area contributed by atoms with Gasteiger partial charge in [0.2, 0.25) is 5.91 Å². The summed E-state index contributed by atoms with van der Waals surface area (Å²) in [5.41, 5.74) is 2.60. The number of nitriles is 1. The van der Waals surface area contributed by atoms with Crippen LogP contribution in [0.25, 0.3) is 0 Å². The van der Waals surface area contributed by atoms with E-state index in [-0.39, 0.29) is 5.91 Å². The van der Waals surface area contributed by atoms with Gasteiger partial charge in [-0.15, -0.1) is 0 Å². The highest BCUT2D eigenvalue weighted by Gasteiger charge is 2.20. The predicted molar refractivity (Wildman–Crippen MR) is 101 cm³/mol. The number of para-hydroxylation sites is 1. The average molecular weight is 349 g/mol. The van der Waals surface area contributed by atoms with E-state index in [0.717, 1.165) is 43.1 Å². The molecule has 0 N–H and O–H groups in total. The molecule has 0 spiro atoms.